The number of hydrogen-bond donors (Lipinski definition) is 2. The lowest BCUT2D eigenvalue weighted by Crippen LogP contribution is -2.63. The van der Waals surface area contributed by atoms with E-state index in [1.807, 2.05) is 20.8 Å². The molecule has 0 saturated heterocycles. The molecule has 0 bridgehead atoms. The van der Waals surface area contributed by atoms with Crippen molar-refractivity contribution < 1.29 is 14.0 Å². The number of hydrogen-bond acceptors (Lipinski definition) is 4. The molecule has 3 atom stereocenters. The van der Waals surface area contributed by atoms with E-state index in [4.69, 9.17) is 14.9 Å². The summed E-state index contributed by atoms with van der Waals surface area (Å²) in [7, 11) is -1.96. The van der Waals surface area contributed by atoms with Crippen molar-refractivity contribution in [2.24, 2.45) is 5.73 Å². The minimum absolute atomic E-state index is 0.0883. The van der Waals surface area contributed by atoms with Gasteiger partial charge in [-0.3, -0.25) is 0 Å². The molecule has 24 heavy (non-hydrogen) atoms. The molecule has 0 aromatic rings. The van der Waals surface area contributed by atoms with Crippen LogP contribution in [0, 0.1) is 0 Å². The zero-order valence-corrected chi connectivity index (χ0v) is 18.1. The molecular weight excluding hydrogens is 320 g/mol. The Morgan fingerprint density at radius 1 is 1.21 bits per heavy atom. The maximum absolute atomic E-state index is 12.3. The first-order valence-corrected chi connectivity index (χ1v) is 11.9. The SMILES string of the molecule is CC(C)(C)OC(=O)N[C@]1(C)CC[C@H](N)C[C@H]1O[Si](C)(C)C(C)(C)C. The first-order chi connectivity index (χ1) is 10.6. The van der Waals surface area contributed by atoms with Gasteiger partial charge in [0.15, 0.2) is 8.32 Å². The molecule has 0 radical (unpaired) electrons. The van der Waals surface area contributed by atoms with Crippen molar-refractivity contribution in [2.75, 3.05) is 0 Å². The normalized spacial score (nSPS) is 29.2. The summed E-state index contributed by atoms with van der Waals surface area (Å²) >= 11 is 0. The van der Waals surface area contributed by atoms with Crippen LogP contribution in [0.2, 0.25) is 18.1 Å². The van der Waals surface area contributed by atoms with E-state index in [0.717, 1.165) is 19.3 Å². The van der Waals surface area contributed by atoms with Crippen molar-refractivity contribution >= 4 is 14.4 Å². The third-order valence-electron chi connectivity index (χ3n) is 5.29. The van der Waals surface area contributed by atoms with E-state index in [2.05, 4.69) is 46.1 Å². The molecule has 3 N–H and O–H groups in total. The maximum atomic E-state index is 12.3. The molecule has 0 aromatic carbocycles. The molecule has 1 aliphatic carbocycles. The summed E-state index contributed by atoms with van der Waals surface area (Å²) in [6.45, 7) is 18.8. The fourth-order valence-corrected chi connectivity index (χ4v) is 4.11. The summed E-state index contributed by atoms with van der Waals surface area (Å²) in [5.74, 6) is 0. The van der Waals surface area contributed by atoms with Gasteiger partial charge < -0.3 is 20.2 Å². The van der Waals surface area contributed by atoms with Gasteiger partial charge in [0.1, 0.15) is 5.60 Å². The highest BCUT2D eigenvalue weighted by molar-refractivity contribution is 6.74. The van der Waals surface area contributed by atoms with Crippen LogP contribution in [0.4, 0.5) is 4.79 Å². The van der Waals surface area contributed by atoms with Crippen LogP contribution in [-0.4, -0.2) is 37.7 Å². The number of nitrogens with one attached hydrogen (secondary N) is 1. The predicted molar refractivity (Wildman–Crippen MR) is 102 cm³/mol. The van der Waals surface area contributed by atoms with E-state index >= 15 is 0 Å². The molecule has 6 heteroatoms. The van der Waals surface area contributed by atoms with E-state index < -0.39 is 19.5 Å². The zero-order chi connectivity index (χ0) is 19.0. The van der Waals surface area contributed by atoms with Gasteiger partial charge in [0.25, 0.3) is 0 Å². The lowest BCUT2D eigenvalue weighted by atomic mass is 9.78. The highest BCUT2D eigenvalue weighted by Crippen LogP contribution is 2.41. The summed E-state index contributed by atoms with van der Waals surface area (Å²) in [6.07, 6.45) is 1.97. The number of amides is 1. The second-order valence-electron chi connectivity index (χ2n) is 9.95. The summed E-state index contributed by atoms with van der Waals surface area (Å²) in [4.78, 5) is 12.3. The van der Waals surface area contributed by atoms with Gasteiger partial charge in [-0.1, -0.05) is 20.8 Å². The Labute approximate surface area is 149 Å². The van der Waals surface area contributed by atoms with E-state index in [-0.39, 0.29) is 23.3 Å². The number of nitrogens with two attached hydrogens (primary N) is 1. The van der Waals surface area contributed by atoms with Gasteiger partial charge in [-0.2, -0.15) is 0 Å². The summed E-state index contributed by atoms with van der Waals surface area (Å²) in [6, 6.07) is 0.119. The number of carbonyl (C=O) groups is 1. The Balaban J connectivity index is 2.94. The Bertz CT molecular complexity index is 454. The molecule has 0 aromatic heterocycles. The second kappa shape index (κ2) is 6.96. The van der Waals surface area contributed by atoms with Gasteiger partial charge in [-0.15, -0.1) is 0 Å². The van der Waals surface area contributed by atoms with Gasteiger partial charge in [-0.05, 0) is 65.1 Å². The first-order valence-electron chi connectivity index (χ1n) is 9.00. The maximum Gasteiger partial charge on any atom is 0.408 e. The molecule has 1 aliphatic rings. The fourth-order valence-electron chi connectivity index (χ4n) is 2.69. The van der Waals surface area contributed by atoms with Gasteiger partial charge in [0.2, 0.25) is 0 Å². The van der Waals surface area contributed by atoms with Crippen LogP contribution in [0.5, 0.6) is 0 Å². The van der Waals surface area contributed by atoms with Crippen LogP contribution in [0.1, 0.15) is 67.7 Å². The first kappa shape index (κ1) is 21.4. The van der Waals surface area contributed by atoms with Crippen LogP contribution < -0.4 is 11.1 Å². The summed E-state index contributed by atoms with van der Waals surface area (Å²) in [5, 5.41) is 3.19. The topological polar surface area (TPSA) is 73.6 Å². The lowest BCUT2D eigenvalue weighted by molar-refractivity contribution is 0.0111. The van der Waals surface area contributed by atoms with Crippen molar-refractivity contribution in [3.8, 4) is 0 Å². The fraction of sp³-hybridized carbons (Fsp3) is 0.944. The molecule has 1 fully saturated rings. The summed E-state index contributed by atoms with van der Waals surface area (Å²) in [5.41, 5.74) is 5.23. The van der Waals surface area contributed by atoms with Crippen LogP contribution in [0.25, 0.3) is 0 Å². The van der Waals surface area contributed by atoms with Crippen LogP contribution in [-0.2, 0) is 9.16 Å². The van der Waals surface area contributed by atoms with Crippen molar-refractivity contribution in [3.05, 3.63) is 0 Å². The molecule has 1 rings (SSSR count). The minimum atomic E-state index is -1.96. The van der Waals surface area contributed by atoms with Gasteiger partial charge in [0, 0.05) is 6.04 Å². The molecule has 0 heterocycles. The highest BCUT2D eigenvalue weighted by Gasteiger charge is 2.47. The minimum Gasteiger partial charge on any atom is -0.444 e. The molecule has 0 spiro atoms. The van der Waals surface area contributed by atoms with Gasteiger partial charge >= 0.3 is 6.09 Å². The van der Waals surface area contributed by atoms with E-state index in [0.29, 0.717) is 0 Å². The summed E-state index contributed by atoms with van der Waals surface area (Å²) < 4.78 is 12.1. The monoisotopic (exact) mass is 358 g/mol. The number of rotatable bonds is 3. The molecule has 1 saturated carbocycles. The third-order valence-corrected chi connectivity index (χ3v) is 9.78. The van der Waals surface area contributed by atoms with Crippen LogP contribution in [0.3, 0.4) is 0 Å². The van der Waals surface area contributed by atoms with Gasteiger partial charge in [0.05, 0.1) is 11.6 Å². The average Bonchev–Trinajstić information content (AvgIpc) is 2.30. The molecule has 0 unspecified atom stereocenters. The quantitative estimate of drug-likeness (QED) is 0.743. The smallest absolute Gasteiger partial charge is 0.408 e. The predicted octanol–water partition coefficient (Wildman–Crippen LogP) is 4.17. The third kappa shape index (κ3) is 5.74. The standard InChI is InChI=1S/C18H38N2O3Si/c1-16(2,3)22-15(21)20-18(7)11-10-13(19)12-14(18)23-24(8,9)17(4,5)6/h13-14H,10-12,19H2,1-9H3,(H,20,21)/t13-,14+,18+/m0/s1. The molecule has 5 nitrogen and oxygen atoms in total. The van der Waals surface area contributed by atoms with E-state index in [1.165, 1.54) is 0 Å². The van der Waals surface area contributed by atoms with Crippen molar-refractivity contribution in [2.45, 2.75) is 109 Å². The Hall–Kier alpha value is -0.593. The molecular formula is C18H38N2O3Si. The molecule has 142 valence electrons. The molecule has 0 aliphatic heterocycles. The highest BCUT2D eigenvalue weighted by atomic mass is 28.4. The second-order valence-corrected chi connectivity index (χ2v) is 14.7. The number of alkyl carbamates (subject to hydrolysis) is 1. The molecule has 1 amide bonds. The lowest BCUT2D eigenvalue weighted by Gasteiger charge is -2.49. The van der Waals surface area contributed by atoms with E-state index in [1.54, 1.807) is 0 Å². The van der Waals surface area contributed by atoms with Crippen molar-refractivity contribution in [3.63, 3.8) is 0 Å². The largest absolute Gasteiger partial charge is 0.444 e. The number of ether oxygens (including phenoxy) is 1. The zero-order valence-electron chi connectivity index (χ0n) is 17.1. The Morgan fingerprint density at radius 2 is 1.75 bits per heavy atom. The number of carbonyl (C=O) groups excluding carboxylic acids is 1. The van der Waals surface area contributed by atoms with Gasteiger partial charge in [-0.25, -0.2) is 4.79 Å². The van der Waals surface area contributed by atoms with Crippen LogP contribution in [0.15, 0.2) is 0 Å². The Morgan fingerprint density at radius 3 is 2.21 bits per heavy atom. The Kier molecular flexibility index (Phi) is 6.22. The average molecular weight is 359 g/mol. The van der Waals surface area contributed by atoms with Crippen molar-refractivity contribution in [1.82, 2.24) is 5.32 Å². The van der Waals surface area contributed by atoms with Crippen molar-refractivity contribution in [1.29, 1.82) is 0 Å². The van der Waals surface area contributed by atoms with E-state index in [9.17, 15) is 4.79 Å². The van der Waals surface area contributed by atoms with Crippen LogP contribution >= 0.6 is 0 Å².